The Kier molecular flexibility index (Phi) is 4.88. The van der Waals surface area contributed by atoms with Crippen LogP contribution in [0.5, 0.6) is 0 Å². The Labute approximate surface area is 140 Å². The van der Waals surface area contributed by atoms with Gasteiger partial charge in [0.25, 0.3) is 0 Å². The number of anilines is 1. The van der Waals surface area contributed by atoms with Crippen molar-refractivity contribution in [3.63, 3.8) is 0 Å². The van der Waals surface area contributed by atoms with E-state index in [-0.39, 0.29) is 0 Å². The molecule has 1 aromatic carbocycles. The smallest absolute Gasteiger partial charge is 0.159 e. The molecular formula is C17H18ClN5. The number of rotatable bonds is 6. The maximum Gasteiger partial charge on any atom is 0.159 e. The molecule has 0 bridgehead atoms. The van der Waals surface area contributed by atoms with E-state index in [1.54, 1.807) is 18.6 Å². The van der Waals surface area contributed by atoms with Crippen LogP contribution >= 0.6 is 11.6 Å². The summed E-state index contributed by atoms with van der Waals surface area (Å²) in [6, 6.07) is 7.97. The van der Waals surface area contributed by atoms with Gasteiger partial charge in [0, 0.05) is 24.0 Å². The molecule has 0 saturated heterocycles. The lowest BCUT2D eigenvalue weighted by Gasteiger charge is -2.08. The first kappa shape index (κ1) is 15.5. The lowest BCUT2D eigenvalue weighted by Crippen LogP contribution is -2.07. The van der Waals surface area contributed by atoms with Crippen LogP contribution in [0.2, 0.25) is 5.02 Å². The number of benzene rings is 1. The zero-order valence-corrected chi connectivity index (χ0v) is 13.7. The van der Waals surface area contributed by atoms with Crippen LogP contribution in [0.25, 0.3) is 5.82 Å². The number of nitrogens with zero attached hydrogens (tertiary/aromatic N) is 4. The Balaban J connectivity index is 1.56. The van der Waals surface area contributed by atoms with Gasteiger partial charge >= 0.3 is 0 Å². The summed E-state index contributed by atoms with van der Waals surface area (Å²) in [7, 11) is 0. The summed E-state index contributed by atoms with van der Waals surface area (Å²) in [4.78, 5) is 13.0. The van der Waals surface area contributed by atoms with Gasteiger partial charge in [-0.3, -0.25) is 9.55 Å². The maximum absolute atomic E-state index is 5.99. The molecule has 6 heteroatoms. The standard InChI is InChI=1S/C17H18ClN5/c1-13-20-8-9-23(13)17-12-19-11-16(22-17)21-7-3-5-14-4-2-6-15(18)10-14/h2,4,6,8-12H,3,5,7H2,1H3,(H,21,22). The van der Waals surface area contributed by atoms with Crippen molar-refractivity contribution >= 4 is 17.4 Å². The van der Waals surface area contributed by atoms with Gasteiger partial charge in [-0.05, 0) is 37.5 Å². The second-order valence-corrected chi connectivity index (χ2v) is 5.70. The molecule has 0 atom stereocenters. The van der Waals surface area contributed by atoms with Gasteiger partial charge in [0.05, 0.1) is 12.4 Å². The third kappa shape index (κ3) is 4.07. The van der Waals surface area contributed by atoms with Gasteiger partial charge in [0.1, 0.15) is 11.6 Å². The summed E-state index contributed by atoms with van der Waals surface area (Å²) >= 11 is 5.99. The minimum Gasteiger partial charge on any atom is -0.369 e. The summed E-state index contributed by atoms with van der Waals surface area (Å²) in [6.07, 6.45) is 9.06. The zero-order chi connectivity index (χ0) is 16.1. The molecule has 2 heterocycles. The lowest BCUT2D eigenvalue weighted by atomic mass is 10.1. The first-order valence-electron chi connectivity index (χ1n) is 7.53. The van der Waals surface area contributed by atoms with Crippen LogP contribution in [0, 0.1) is 6.92 Å². The topological polar surface area (TPSA) is 55.6 Å². The molecule has 5 nitrogen and oxygen atoms in total. The fraction of sp³-hybridized carbons (Fsp3) is 0.235. The Morgan fingerprint density at radius 1 is 1.26 bits per heavy atom. The van der Waals surface area contributed by atoms with E-state index in [9.17, 15) is 0 Å². The summed E-state index contributed by atoms with van der Waals surface area (Å²) in [5.74, 6) is 2.42. The highest BCUT2D eigenvalue weighted by atomic mass is 35.5. The van der Waals surface area contributed by atoms with Crippen molar-refractivity contribution in [3.8, 4) is 5.82 Å². The number of hydrogen-bond donors (Lipinski definition) is 1. The molecule has 0 spiro atoms. The van der Waals surface area contributed by atoms with Crippen molar-refractivity contribution in [2.75, 3.05) is 11.9 Å². The summed E-state index contributed by atoms with van der Waals surface area (Å²) in [6.45, 7) is 2.76. The van der Waals surface area contributed by atoms with Crippen LogP contribution in [-0.2, 0) is 6.42 Å². The minimum absolute atomic E-state index is 0.764. The van der Waals surface area contributed by atoms with Crippen LogP contribution in [-0.4, -0.2) is 26.1 Å². The molecule has 0 radical (unpaired) electrons. The SMILES string of the molecule is Cc1nccn1-c1cncc(NCCCc2cccc(Cl)c2)n1. The molecular weight excluding hydrogens is 310 g/mol. The molecule has 0 fully saturated rings. The van der Waals surface area contributed by atoms with Crippen LogP contribution in [0.4, 0.5) is 5.82 Å². The predicted octanol–water partition coefficient (Wildman–Crippen LogP) is 3.67. The number of halogens is 1. The molecule has 0 aliphatic rings. The van der Waals surface area contributed by atoms with E-state index in [4.69, 9.17) is 11.6 Å². The average molecular weight is 328 g/mol. The monoisotopic (exact) mass is 327 g/mol. The number of imidazole rings is 1. The van der Waals surface area contributed by atoms with Gasteiger partial charge in [0.15, 0.2) is 5.82 Å². The second-order valence-electron chi connectivity index (χ2n) is 5.27. The first-order valence-corrected chi connectivity index (χ1v) is 7.91. The van der Waals surface area contributed by atoms with Crippen LogP contribution in [0.3, 0.4) is 0 Å². The van der Waals surface area contributed by atoms with Gasteiger partial charge < -0.3 is 5.32 Å². The molecule has 0 aliphatic carbocycles. The molecule has 0 saturated carbocycles. The number of nitrogens with one attached hydrogen (secondary N) is 1. The second kappa shape index (κ2) is 7.24. The van der Waals surface area contributed by atoms with E-state index in [1.165, 1.54) is 5.56 Å². The zero-order valence-electron chi connectivity index (χ0n) is 12.9. The summed E-state index contributed by atoms with van der Waals surface area (Å²) < 4.78 is 1.91. The molecule has 118 valence electrons. The highest BCUT2D eigenvalue weighted by molar-refractivity contribution is 6.30. The Bertz CT molecular complexity index is 784. The van der Waals surface area contributed by atoms with E-state index in [2.05, 4.69) is 26.3 Å². The molecule has 23 heavy (non-hydrogen) atoms. The van der Waals surface area contributed by atoms with Crippen LogP contribution < -0.4 is 5.32 Å². The van der Waals surface area contributed by atoms with E-state index < -0.39 is 0 Å². The first-order chi connectivity index (χ1) is 11.2. The summed E-state index contributed by atoms with van der Waals surface area (Å²) in [5, 5.41) is 4.09. The van der Waals surface area contributed by atoms with Crippen molar-refractivity contribution in [2.24, 2.45) is 0 Å². The molecule has 0 unspecified atom stereocenters. The van der Waals surface area contributed by atoms with Crippen molar-refractivity contribution < 1.29 is 0 Å². The predicted molar refractivity (Wildman–Crippen MR) is 92.2 cm³/mol. The molecule has 1 N–H and O–H groups in total. The average Bonchev–Trinajstić information content (AvgIpc) is 2.98. The third-order valence-electron chi connectivity index (χ3n) is 3.53. The Hall–Kier alpha value is -2.40. The van der Waals surface area contributed by atoms with Crippen LogP contribution in [0.1, 0.15) is 17.8 Å². The molecule has 0 amide bonds. The van der Waals surface area contributed by atoms with Crippen LogP contribution in [0.15, 0.2) is 49.1 Å². The largest absolute Gasteiger partial charge is 0.369 e. The Morgan fingerprint density at radius 2 is 2.17 bits per heavy atom. The van der Waals surface area contributed by atoms with Gasteiger partial charge in [-0.1, -0.05) is 23.7 Å². The van der Waals surface area contributed by atoms with Gasteiger partial charge in [-0.25, -0.2) is 9.97 Å². The number of aryl methyl sites for hydroxylation is 2. The van der Waals surface area contributed by atoms with Gasteiger partial charge in [-0.2, -0.15) is 0 Å². The lowest BCUT2D eigenvalue weighted by molar-refractivity contribution is 0.852. The highest BCUT2D eigenvalue weighted by Gasteiger charge is 2.03. The fourth-order valence-corrected chi connectivity index (χ4v) is 2.59. The summed E-state index contributed by atoms with van der Waals surface area (Å²) in [5.41, 5.74) is 1.24. The normalized spacial score (nSPS) is 10.7. The number of hydrogen-bond acceptors (Lipinski definition) is 4. The van der Waals surface area contributed by atoms with Crippen molar-refractivity contribution in [2.45, 2.75) is 19.8 Å². The third-order valence-corrected chi connectivity index (χ3v) is 3.77. The van der Waals surface area contributed by atoms with Crippen molar-refractivity contribution in [1.29, 1.82) is 0 Å². The van der Waals surface area contributed by atoms with E-state index in [0.717, 1.165) is 41.9 Å². The van der Waals surface area contributed by atoms with Crippen molar-refractivity contribution in [1.82, 2.24) is 19.5 Å². The van der Waals surface area contributed by atoms with Crippen molar-refractivity contribution in [3.05, 3.63) is 65.5 Å². The minimum atomic E-state index is 0.764. The maximum atomic E-state index is 5.99. The number of aromatic nitrogens is 4. The van der Waals surface area contributed by atoms with Gasteiger partial charge in [0.2, 0.25) is 0 Å². The van der Waals surface area contributed by atoms with E-state index in [1.807, 2.05) is 35.9 Å². The molecule has 0 aliphatic heterocycles. The fourth-order valence-electron chi connectivity index (χ4n) is 2.38. The molecule has 2 aromatic heterocycles. The molecule has 3 rings (SSSR count). The van der Waals surface area contributed by atoms with Gasteiger partial charge in [-0.15, -0.1) is 0 Å². The van der Waals surface area contributed by atoms with E-state index >= 15 is 0 Å². The van der Waals surface area contributed by atoms with E-state index in [0.29, 0.717) is 0 Å². The Morgan fingerprint density at radius 3 is 2.96 bits per heavy atom. The highest BCUT2D eigenvalue weighted by Crippen LogP contribution is 2.13. The quantitative estimate of drug-likeness (QED) is 0.702. The molecule has 3 aromatic rings.